The molecule has 3 heterocycles. The normalized spacial score (nSPS) is 20.7. The third-order valence-electron chi connectivity index (χ3n) is 9.57. The summed E-state index contributed by atoms with van der Waals surface area (Å²) in [7, 11) is -4.61. The van der Waals surface area contributed by atoms with Crippen molar-refractivity contribution in [2.75, 3.05) is 11.9 Å². The number of carbonyl (C=O) groups excluding carboxylic acids is 2. The molecule has 1 aromatic carbocycles. The Labute approximate surface area is 278 Å². The number of carbonyl (C=O) groups is 2. The lowest BCUT2D eigenvalue weighted by Crippen LogP contribution is -2.50. The van der Waals surface area contributed by atoms with Crippen LogP contribution in [0.5, 0.6) is 0 Å². The lowest BCUT2D eigenvalue weighted by molar-refractivity contribution is -0.114. The maximum Gasteiger partial charge on any atom is 0.290 e. The quantitative estimate of drug-likeness (QED) is 0.199. The molecule has 1 aliphatic rings. The molecule has 1 fully saturated rings. The van der Waals surface area contributed by atoms with Crippen molar-refractivity contribution in [1.29, 1.82) is 0 Å². The van der Waals surface area contributed by atoms with Crippen LogP contribution >= 0.6 is 0 Å². The third-order valence-corrected chi connectivity index (χ3v) is 18.5. The average molecular weight is 684 g/mol. The Morgan fingerprint density at radius 1 is 1.02 bits per heavy atom. The lowest BCUT2D eigenvalue weighted by atomic mass is 10.1. The monoisotopic (exact) mass is 683 g/mol. The van der Waals surface area contributed by atoms with Crippen molar-refractivity contribution in [3.8, 4) is 0 Å². The van der Waals surface area contributed by atoms with Crippen LogP contribution in [0.25, 0.3) is 11.2 Å². The van der Waals surface area contributed by atoms with Gasteiger partial charge in [-0.25, -0.2) is 9.55 Å². The summed E-state index contributed by atoms with van der Waals surface area (Å²) < 4.78 is 28.9. The van der Waals surface area contributed by atoms with E-state index in [1.54, 1.807) is 34.9 Å². The van der Waals surface area contributed by atoms with Crippen molar-refractivity contribution in [2.24, 2.45) is 0 Å². The summed E-state index contributed by atoms with van der Waals surface area (Å²) in [6.45, 7) is 26.9. The number of benzene rings is 1. The van der Waals surface area contributed by atoms with Gasteiger partial charge >= 0.3 is 0 Å². The van der Waals surface area contributed by atoms with E-state index in [1.165, 1.54) is 19.5 Å². The van der Waals surface area contributed by atoms with Gasteiger partial charge in [0.1, 0.15) is 12.2 Å². The second-order valence-electron chi connectivity index (χ2n) is 15.0. The van der Waals surface area contributed by atoms with Gasteiger partial charge in [-0.05, 0) is 48.4 Å². The number of anilines is 1. The molecule has 4 rings (SSSR count). The summed E-state index contributed by atoms with van der Waals surface area (Å²) in [5, 5.41) is 2.38. The molecule has 12 nitrogen and oxygen atoms in total. The fourth-order valence-corrected chi connectivity index (χ4v) is 7.08. The molecular weight excluding hydrogens is 635 g/mol. The first kappa shape index (κ1) is 36.4. The Hall–Kier alpha value is -3.44. The SMILES string of the molecule is C=CO[C@H]1[C@@H](O[Si](C)(C)C(C)(C)C)[C@H](n2cnc3c(=O)n(C(=O)c4ccccc4)c(NC(C)=O)nc32)O[C@@H]1CO[Si](C)(C)C(C)(C)C. The largest absolute Gasteiger partial charge is 0.493 e. The third kappa shape index (κ3) is 7.36. The summed E-state index contributed by atoms with van der Waals surface area (Å²) in [5.41, 5.74) is -0.436. The van der Waals surface area contributed by atoms with Gasteiger partial charge in [-0.3, -0.25) is 24.3 Å². The maximum absolute atomic E-state index is 13.9. The number of aromatic nitrogens is 4. The molecule has 0 bridgehead atoms. The van der Waals surface area contributed by atoms with Gasteiger partial charge in [0.25, 0.3) is 11.5 Å². The predicted octanol–water partition coefficient (Wildman–Crippen LogP) is 6.08. The van der Waals surface area contributed by atoms with E-state index in [2.05, 4.69) is 89.6 Å². The Morgan fingerprint density at radius 2 is 1.64 bits per heavy atom. The van der Waals surface area contributed by atoms with Crippen LogP contribution in [-0.4, -0.2) is 72.5 Å². The highest BCUT2D eigenvalue weighted by molar-refractivity contribution is 6.74. The van der Waals surface area contributed by atoms with Gasteiger partial charge < -0.3 is 18.3 Å². The number of ether oxygens (including phenoxy) is 2. The van der Waals surface area contributed by atoms with E-state index in [0.29, 0.717) is 0 Å². The van der Waals surface area contributed by atoms with Crippen LogP contribution in [0.15, 0.2) is 54.3 Å². The van der Waals surface area contributed by atoms with Crippen molar-refractivity contribution in [3.05, 3.63) is 65.4 Å². The molecule has 2 aromatic heterocycles. The second-order valence-corrected chi connectivity index (χ2v) is 24.6. The van der Waals surface area contributed by atoms with E-state index in [9.17, 15) is 14.4 Å². The molecule has 1 amide bonds. The van der Waals surface area contributed by atoms with Gasteiger partial charge in [-0.2, -0.15) is 4.98 Å². The highest BCUT2D eigenvalue weighted by Gasteiger charge is 2.53. The number of nitrogens with one attached hydrogen (secondary N) is 1. The molecule has 0 radical (unpaired) electrons. The molecule has 1 N–H and O–H groups in total. The van der Waals surface area contributed by atoms with Crippen LogP contribution < -0.4 is 10.9 Å². The standard InChI is InChI=1S/C33H49N5O7Si2/c1-13-42-25-23(19-43-46(9,10)32(3,4)5)44-30(26(25)45-47(11,12)33(6,7)8)37-20-34-24-27(37)36-31(35-21(2)39)38(29(24)41)28(40)22-17-15-14-16-18-22/h13-18,20,23,25-26,30H,1,19H2,2-12H3,(H,35,36,39)/t23-,25-,26-,30-/m1/s1. The molecule has 4 atom stereocenters. The Bertz CT molecular complexity index is 1690. The minimum Gasteiger partial charge on any atom is -0.493 e. The maximum atomic E-state index is 13.9. The molecule has 47 heavy (non-hydrogen) atoms. The Morgan fingerprint density at radius 3 is 2.19 bits per heavy atom. The number of amides is 1. The summed E-state index contributed by atoms with van der Waals surface area (Å²) >= 11 is 0. The second kappa shape index (κ2) is 13.2. The Kier molecular flexibility index (Phi) is 10.2. The van der Waals surface area contributed by atoms with Crippen LogP contribution in [0.2, 0.25) is 36.3 Å². The highest BCUT2D eigenvalue weighted by atomic mass is 28.4. The fraction of sp³-hybridized carbons (Fsp3) is 0.545. The van der Waals surface area contributed by atoms with Crippen molar-refractivity contribution in [1.82, 2.24) is 19.1 Å². The zero-order chi connectivity index (χ0) is 35.1. The molecule has 1 saturated heterocycles. The summed E-state index contributed by atoms with van der Waals surface area (Å²) in [6, 6.07) is 8.29. The van der Waals surface area contributed by atoms with Crippen LogP contribution in [0.4, 0.5) is 5.95 Å². The number of hydrogen-bond acceptors (Lipinski definition) is 9. The number of fused-ring (bicyclic) bond motifs is 1. The minimum absolute atomic E-state index is 0.0293. The molecule has 0 unspecified atom stereocenters. The number of imidazole rings is 1. The zero-order valence-electron chi connectivity index (χ0n) is 29.4. The molecule has 0 spiro atoms. The molecule has 256 valence electrons. The smallest absolute Gasteiger partial charge is 0.290 e. The molecule has 0 saturated carbocycles. The summed E-state index contributed by atoms with van der Waals surface area (Å²) in [5.74, 6) is -1.39. The molecule has 3 aromatic rings. The van der Waals surface area contributed by atoms with E-state index in [0.717, 1.165) is 4.57 Å². The van der Waals surface area contributed by atoms with Gasteiger partial charge in [-0.1, -0.05) is 66.3 Å². The zero-order valence-corrected chi connectivity index (χ0v) is 31.4. The first-order chi connectivity index (χ1) is 21.7. The molecule has 0 aliphatic carbocycles. The molecule has 1 aliphatic heterocycles. The van der Waals surface area contributed by atoms with Crippen molar-refractivity contribution in [3.63, 3.8) is 0 Å². The van der Waals surface area contributed by atoms with Crippen molar-refractivity contribution >= 4 is 45.6 Å². The first-order valence-electron chi connectivity index (χ1n) is 15.8. The first-order valence-corrected chi connectivity index (χ1v) is 21.6. The van der Waals surface area contributed by atoms with E-state index in [4.69, 9.17) is 18.3 Å². The molecular formula is C33H49N5O7Si2. The lowest BCUT2D eigenvalue weighted by Gasteiger charge is -2.40. The predicted molar refractivity (Wildman–Crippen MR) is 186 cm³/mol. The van der Waals surface area contributed by atoms with Gasteiger partial charge in [-0.15, -0.1) is 0 Å². The van der Waals surface area contributed by atoms with Gasteiger partial charge in [0, 0.05) is 12.5 Å². The minimum atomic E-state index is -2.43. The fourth-order valence-electron chi connectivity index (χ4n) is 4.79. The summed E-state index contributed by atoms with van der Waals surface area (Å²) in [4.78, 5) is 48.7. The topological polar surface area (TPSA) is 136 Å². The van der Waals surface area contributed by atoms with E-state index in [1.807, 2.05) is 0 Å². The van der Waals surface area contributed by atoms with E-state index >= 15 is 0 Å². The van der Waals surface area contributed by atoms with Crippen LogP contribution in [0, 0.1) is 0 Å². The van der Waals surface area contributed by atoms with Gasteiger partial charge in [0.2, 0.25) is 11.9 Å². The van der Waals surface area contributed by atoms with Crippen molar-refractivity contribution < 1.29 is 27.9 Å². The van der Waals surface area contributed by atoms with Crippen LogP contribution in [-0.2, 0) is 23.1 Å². The Balaban J connectivity index is 1.87. The van der Waals surface area contributed by atoms with Crippen molar-refractivity contribution in [2.45, 2.75) is 109 Å². The van der Waals surface area contributed by atoms with E-state index in [-0.39, 0.29) is 39.4 Å². The van der Waals surface area contributed by atoms with E-state index < -0.39 is 58.5 Å². The van der Waals surface area contributed by atoms with Crippen LogP contribution in [0.1, 0.15) is 65.1 Å². The van der Waals surface area contributed by atoms with Gasteiger partial charge in [0.15, 0.2) is 40.1 Å². The highest BCUT2D eigenvalue weighted by Crippen LogP contribution is 2.44. The molecule has 14 heteroatoms. The number of nitrogens with zero attached hydrogens (tertiary/aromatic N) is 4. The average Bonchev–Trinajstić information content (AvgIpc) is 3.52. The number of hydrogen-bond donors (Lipinski definition) is 1. The van der Waals surface area contributed by atoms with Crippen LogP contribution in [0.3, 0.4) is 0 Å². The van der Waals surface area contributed by atoms with Gasteiger partial charge in [0.05, 0.1) is 19.2 Å². The summed E-state index contributed by atoms with van der Waals surface area (Å²) in [6.07, 6.45) is 0.148. The number of rotatable bonds is 10.